The third-order valence-electron chi connectivity index (χ3n) is 5.85. The van der Waals surface area contributed by atoms with Crippen LogP contribution in [0.2, 0.25) is 0 Å². The number of fused-ring (bicyclic) bond motifs is 1. The second-order valence-corrected chi connectivity index (χ2v) is 8.61. The third-order valence-corrected chi connectivity index (χ3v) is 6.39. The monoisotopic (exact) mass is 409 g/mol. The van der Waals surface area contributed by atoms with Crippen LogP contribution in [0, 0.1) is 19.8 Å². The maximum absolute atomic E-state index is 13.4. The van der Waals surface area contributed by atoms with E-state index >= 15 is 0 Å². The summed E-state index contributed by atoms with van der Waals surface area (Å²) in [6.45, 7) is 6.77. The van der Waals surface area contributed by atoms with E-state index in [0.717, 1.165) is 22.5 Å². The first kappa shape index (κ1) is 19.9. The summed E-state index contributed by atoms with van der Waals surface area (Å²) in [4.78, 5) is 24.5. The lowest BCUT2D eigenvalue weighted by molar-refractivity contribution is -0.133. The van der Waals surface area contributed by atoms with Crippen LogP contribution >= 0.6 is 11.8 Å². The van der Waals surface area contributed by atoms with Gasteiger partial charge in [-0.1, -0.05) is 42.1 Å². The number of aromatic nitrogens is 4. The number of carbonyl (C=O) groups is 1. The van der Waals surface area contributed by atoms with Crippen LogP contribution in [-0.4, -0.2) is 42.7 Å². The molecule has 1 fully saturated rings. The zero-order valence-corrected chi connectivity index (χ0v) is 18.2. The van der Waals surface area contributed by atoms with Gasteiger partial charge >= 0.3 is 0 Å². The Balaban J connectivity index is 1.63. The SMILES string of the molecule is CSc1nc2nc(C)c(CC(=O)N(Cc3ccccc3)C(C)C3CC3)c(C)n2n1. The molecular weight excluding hydrogens is 382 g/mol. The van der Waals surface area contributed by atoms with Gasteiger partial charge in [0.25, 0.3) is 5.78 Å². The Morgan fingerprint density at radius 1 is 1.24 bits per heavy atom. The topological polar surface area (TPSA) is 63.4 Å². The van der Waals surface area contributed by atoms with Crippen LogP contribution in [0.25, 0.3) is 5.78 Å². The van der Waals surface area contributed by atoms with Crippen LogP contribution in [0.15, 0.2) is 35.5 Å². The number of nitrogens with zero attached hydrogens (tertiary/aromatic N) is 5. The Morgan fingerprint density at radius 2 is 1.97 bits per heavy atom. The van der Waals surface area contributed by atoms with Gasteiger partial charge in [-0.2, -0.15) is 4.98 Å². The fraction of sp³-hybridized carbons (Fsp3) is 0.455. The van der Waals surface area contributed by atoms with Crippen molar-refractivity contribution in [2.75, 3.05) is 6.26 Å². The lowest BCUT2D eigenvalue weighted by atomic mass is 10.1. The number of hydrogen-bond donors (Lipinski definition) is 0. The van der Waals surface area contributed by atoms with E-state index in [-0.39, 0.29) is 11.9 Å². The highest BCUT2D eigenvalue weighted by atomic mass is 32.2. The van der Waals surface area contributed by atoms with Crippen molar-refractivity contribution in [2.45, 2.75) is 57.8 Å². The average Bonchev–Trinajstić information content (AvgIpc) is 3.49. The number of thioether (sulfide) groups is 1. The van der Waals surface area contributed by atoms with E-state index in [1.54, 1.807) is 4.52 Å². The summed E-state index contributed by atoms with van der Waals surface area (Å²) in [6.07, 6.45) is 4.70. The summed E-state index contributed by atoms with van der Waals surface area (Å²) in [5.41, 5.74) is 3.90. The Labute approximate surface area is 175 Å². The largest absolute Gasteiger partial charge is 0.335 e. The molecule has 1 amide bonds. The molecule has 4 rings (SSSR count). The minimum Gasteiger partial charge on any atom is -0.335 e. The van der Waals surface area contributed by atoms with Crippen LogP contribution in [0.3, 0.4) is 0 Å². The minimum absolute atomic E-state index is 0.144. The molecule has 7 heteroatoms. The predicted octanol–water partition coefficient (Wildman–Crippen LogP) is 3.83. The molecule has 0 bridgehead atoms. The Hall–Kier alpha value is -2.41. The summed E-state index contributed by atoms with van der Waals surface area (Å²) in [6, 6.07) is 10.5. The number of carbonyl (C=O) groups excluding carboxylic acids is 1. The summed E-state index contributed by atoms with van der Waals surface area (Å²) in [5.74, 6) is 1.35. The van der Waals surface area contributed by atoms with Crippen molar-refractivity contribution >= 4 is 23.4 Å². The van der Waals surface area contributed by atoms with E-state index in [1.165, 1.54) is 24.6 Å². The van der Waals surface area contributed by atoms with Gasteiger partial charge in [-0.25, -0.2) is 9.50 Å². The quantitative estimate of drug-likeness (QED) is 0.555. The number of benzene rings is 1. The van der Waals surface area contributed by atoms with Gasteiger partial charge in [0.1, 0.15) is 0 Å². The third kappa shape index (κ3) is 4.15. The van der Waals surface area contributed by atoms with Crippen molar-refractivity contribution in [2.24, 2.45) is 5.92 Å². The van der Waals surface area contributed by atoms with Gasteiger partial charge in [-0.15, -0.1) is 5.10 Å². The Morgan fingerprint density at radius 3 is 2.62 bits per heavy atom. The van der Waals surface area contributed by atoms with Crippen molar-refractivity contribution in [1.82, 2.24) is 24.5 Å². The molecule has 1 aliphatic carbocycles. The number of rotatable bonds is 7. The highest BCUT2D eigenvalue weighted by Gasteiger charge is 2.34. The van der Waals surface area contributed by atoms with Crippen LogP contribution < -0.4 is 0 Å². The molecular formula is C22H27N5OS. The van der Waals surface area contributed by atoms with E-state index in [2.05, 4.69) is 34.1 Å². The van der Waals surface area contributed by atoms with Gasteiger partial charge in [0.05, 0.1) is 6.42 Å². The van der Waals surface area contributed by atoms with Crippen molar-refractivity contribution in [3.05, 3.63) is 52.8 Å². The molecule has 1 saturated carbocycles. The normalized spacial score (nSPS) is 14.9. The first-order valence-corrected chi connectivity index (χ1v) is 11.3. The molecule has 1 aromatic carbocycles. The number of hydrogen-bond acceptors (Lipinski definition) is 5. The maximum Gasteiger partial charge on any atom is 0.253 e. The van der Waals surface area contributed by atoms with Crippen LogP contribution in [0.4, 0.5) is 0 Å². The van der Waals surface area contributed by atoms with Gasteiger partial charge in [0.15, 0.2) is 0 Å². The second kappa shape index (κ2) is 8.14. The summed E-state index contributed by atoms with van der Waals surface area (Å²) in [7, 11) is 0. The average molecular weight is 410 g/mol. The van der Waals surface area contributed by atoms with Crippen LogP contribution in [0.1, 0.15) is 42.3 Å². The number of aryl methyl sites for hydroxylation is 2. The molecule has 2 heterocycles. The predicted molar refractivity (Wildman–Crippen MR) is 115 cm³/mol. The summed E-state index contributed by atoms with van der Waals surface area (Å²) < 4.78 is 1.76. The lowest BCUT2D eigenvalue weighted by Crippen LogP contribution is -2.40. The van der Waals surface area contributed by atoms with E-state index in [4.69, 9.17) is 0 Å². The molecule has 2 aromatic heterocycles. The molecule has 0 radical (unpaired) electrons. The lowest BCUT2D eigenvalue weighted by Gasteiger charge is -2.30. The number of amides is 1. The highest BCUT2D eigenvalue weighted by Crippen LogP contribution is 2.36. The van der Waals surface area contributed by atoms with Gasteiger partial charge in [-0.05, 0) is 51.3 Å². The Bertz CT molecular complexity index is 1030. The first-order valence-electron chi connectivity index (χ1n) is 10.1. The zero-order valence-electron chi connectivity index (χ0n) is 17.4. The summed E-state index contributed by atoms with van der Waals surface area (Å²) in [5, 5.41) is 5.20. The molecule has 3 aromatic rings. The van der Waals surface area contributed by atoms with Crippen molar-refractivity contribution in [1.29, 1.82) is 0 Å². The van der Waals surface area contributed by atoms with Crippen molar-refractivity contribution in [3.63, 3.8) is 0 Å². The van der Waals surface area contributed by atoms with E-state index < -0.39 is 0 Å². The molecule has 29 heavy (non-hydrogen) atoms. The van der Waals surface area contributed by atoms with Crippen molar-refractivity contribution in [3.8, 4) is 0 Å². The molecule has 0 N–H and O–H groups in total. The zero-order chi connectivity index (χ0) is 20.5. The van der Waals surface area contributed by atoms with Crippen molar-refractivity contribution < 1.29 is 4.79 Å². The van der Waals surface area contributed by atoms with Gasteiger partial charge in [0.2, 0.25) is 11.1 Å². The van der Waals surface area contributed by atoms with E-state index in [0.29, 0.717) is 29.8 Å². The molecule has 1 atom stereocenters. The highest BCUT2D eigenvalue weighted by molar-refractivity contribution is 7.98. The molecule has 152 valence electrons. The van der Waals surface area contributed by atoms with Gasteiger partial charge in [-0.3, -0.25) is 4.79 Å². The Kier molecular flexibility index (Phi) is 5.58. The van der Waals surface area contributed by atoms with E-state index in [9.17, 15) is 4.79 Å². The molecule has 1 aliphatic rings. The van der Waals surface area contributed by atoms with Crippen LogP contribution in [-0.2, 0) is 17.8 Å². The van der Waals surface area contributed by atoms with Crippen LogP contribution in [0.5, 0.6) is 0 Å². The van der Waals surface area contributed by atoms with Gasteiger partial charge < -0.3 is 4.90 Å². The fourth-order valence-corrected chi connectivity index (χ4v) is 4.19. The second-order valence-electron chi connectivity index (χ2n) is 7.83. The minimum atomic E-state index is 0.144. The molecule has 0 saturated heterocycles. The summed E-state index contributed by atoms with van der Waals surface area (Å²) >= 11 is 1.49. The molecule has 6 nitrogen and oxygen atoms in total. The molecule has 0 spiro atoms. The first-order chi connectivity index (χ1) is 14.0. The molecule has 0 aliphatic heterocycles. The fourth-order valence-electron chi connectivity index (χ4n) is 3.86. The standard InChI is InChI=1S/C22H27N5OS/c1-14-19(16(3)27-21(23-14)24-22(25-27)29-4)12-20(28)26(15(2)18-10-11-18)13-17-8-6-5-7-9-17/h5-9,15,18H,10-13H2,1-4H3. The van der Waals surface area contributed by atoms with E-state index in [1.807, 2.05) is 43.2 Å². The molecule has 1 unspecified atom stereocenters. The maximum atomic E-state index is 13.4. The smallest absolute Gasteiger partial charge is 0.253 e. The van der Waals surface area contributed by atoms with Gasteiger partial charge in [0, 0.05) is 29.5 Å².